The van der Waals surface area contributed by atoms with Crippen LogP contribution < -0.4 is 0 Å². The van der Waals surface area contributed by atoms with E-state index in [2.05, 4.69) is 10.1 Å². The Kier molecular flexibility index (Phi) is 4.89. The minimum Gasteiger partial charge on any atom is -0.338 e. The highest BCUT2D eigenvalue weighted by molar-refractivity contribution is 5.55. The van der Waals surface area contributed by atoms with Crippen LogP contribution in [0.1, 0.15) is 29.9 Å². The van der Waals surface area contributed by atoms with Gasteiger partial charge in [0, 0.05) is 23.7 Å². The zero-order chi connectivity index (χ0) is 19.7. The predicted octanol–water partition coefficient (Wildman–Crippen LogP) is 5.06. The van der Waals surface area contributed by atoms with Crippen molar-refractivity contribution in [1.82, 2.24) is 15.0 Å². The first-order chi connectivity index (χ1) is 13.4. The van der Waals surface area contributed by atoms with E-state index in [1.807, 2.05) is 4.90 Å². The molecule has 4 rings (SSSR count). The Balaban J connectivity index is 1.51. The highest BCUT2D eigenvalue weighted by Crippen LogP contribution is 2.32. The fourth-order valence-electron chi connectivity index (χ4n) is 3.04. The summed E-state index contributed by atoms with van der Waals surface area (Å²) in [5.41, 5.74) is 0.0411. The first kappa shape index (κ1) is 18.6. The number of rotatable bonds is 6. The summed E-state index contributed by atoms with van der Waals surface area (Å²) < 4.78 is 57.9. The smallest absolute Gasteiger partial charge is 0.338 e. The van der Waals surface area contributed by atoms with Crippen molar-refractivity contribution in [3.05, 3.63) is 71.4 Å². The summed E-state index contributed by atoms with van der Waals surface area (Å²) in [7, 11) is 0. The van der Waals surface area contributed by atoms with Gasteiger partial charge in [-0.15, -0.1) is 0 Å². The van der Waals surface area contributed by atoms with Gasteiger partial charge in [-0.1, -0.05) is 35.5 Å². The molecule has 0 bridgehead atoms. The van der Waals surface area contributed by atoms with Crippen molar-refractivity contribution >= 4 is 0 Å². The van der Waals surface area contributed by atoms with Crippen molar-refractivity contribution in [3.8, 4) is 11.4 Å². The number of halogens is 4. The lowest BCUT2D eigenvalue weighted by Crippen LogP contribution is -2.25. The number of hydrogen-bond acceptors (Lipinski definition) is 4. The summed E-state index contributed by atoms with van der Waals surface area (Å²) in [5.74, 6) is 0.113. The predicted molar refractivity (Wildman–Crippen MR) is 93.4 cm³/mol. The van der Waals surface area contributed by atoms with Crippen LogP contribution in [0.4, 0.5) is 17.6 Å². The summed E-state index contributed by atoms with van der Waals surface area (Å²) >= 11 is 0. The molecular formula is C20H17F4N3O. The molecule has 4 nitrogen and oxygen atoms in total. The Morgan fingerprint density at radius 3 is 2.54 bits per heavy atom. The molecule has 0 atom stereocenters. The standard InChI is InChI=1S/C20H17F4N3O/c21-17-7-2-1-4-14(17)11-27(16-8-9-16)12-18-25-19(26-28-18)13-5-3-6-15(10-13)20(22,23)24/h1-7,10,16H,8-9,11-12H2. The Bertz CT molecular complexity index is 966. The average Bonchev–Trinajstić information content (AvgIpc) is 3.41. The summed E-state index contributed by atoms with van der Waals surface area (Å²) in [6.45, 7) is 0.712. The maximum atomic E-state index is 14.0. The van der Waals surface area contributed by atoms with Crippen LogP contribution in [-0.4, -0.2) is 21.1 Å². The van der Waals surface area contributed by atoms with E-state index in [1.54, 1.807) is 18.2 Å². The van der Waals surface area contributed by atoms with Gasteiger partial charge >= 0.3 is 6.18 Å². The molecule has 2 aromatic carbocycles. The van der Waals surface area contributed by atoms with Crippen molar-refractivity contribution < 1.29 is 22.1 Å². The van der Waals surface area contributed by atoms with Crippen molar-refractivity contribution in [2.45, 2.75) is 38.1 Å². The lowest BCUT2D eigenvalue weighted by molar-refractivity contribution is -0.137. The van der Waals surface area contributed by atoms with Gasteiger partial charge in [-0.25, -0.2) is 4.39 Å². The number of aromatic nitrogens is 2. The Hall–Kier alpha value is -2.74. The lowest BCUT2D eigenvalue weighted by Gasteiger charge is -2.20. The lowest BCUT2D eigenvalue weighted by atomic mass is 10.1. The van der Waals surface area contributed by atoms with Gasteiger partial charge < -0.3 is 4.52 Å². The van der Waals surface area contributed by atoms with Gasteiger partial charge in [0.15, 0.2) is 0 Å². The molecule has 3 aromatic rings. The van der Waals surface area contributed by atoms with E-state index in [1.165, 1.54) is 18.2 Å². The summed E-state index contributed by atoms with van der Waals surface area (Å²) in [6.07, 6.45) is -2.43. The van der Waals surface area contributed by atoms with Crippen molar-refractivity contribution in [2.24, 2.45) is 0 Å². The van der Waals surface area contributed by atoms with Crippen LogP contribution >= 0.6 is 0 Å². The fraction of sp³-hybridized carbons (Fsp3) is 0.300. The van der Waals surface area contributed by atoms with Crippen molar-refractivity contribution in [2.75, 3.05) is 0 Å². The molecule has 1 saturated carbocycles. The van der Waals surface area contributed by atoms with Crippen LogP contribution in [0.3, 0.4) is 0 Å². The van der Waals surface area contributed by atoms with Gasteiger partial charge in [0.05, 0.1) is 12.1 Å². The molecule has 0 spiro atoms. The SMILES string of the molecule is Fc1ccccc1CN(Cc1nc(-c2cccc(C(F)(F)F)c2)no1)C1CC1. The molecular weight excluding hydrogens is 374 g/mol. The third-order valence-corrected chi connectivity index (χ3v) is 4.65. The Morgan fingerprint density at radius 2 is 1.82 bits per heavy atom. The molecule has 0 amide bonds. The molecule has 0 unspecified atom stereocenters. The monoisotopic (exact) mass is 391 g/mol. The van der Waals surface area contributed by atoms with Crippen molar-refractivity contribution in [1.29, 1.82) is 0 Å². The minimum atomic E-state index is -4.44. The molecule has 1 aliphatic rings. The average molecular weight is 391 g/mol. The molecule has 1 heterocycles. The molecule has 0 radical (unpaired) electrons. The molecule has 1 aliphatic carbocycles. The van der Waals surface area contributed by atoms with E-state index in [9.17, 15) is 17.6 Å². The largest absolute Gasteiger partial charge is 0.416 e. The van der Waals surface area contributed by atoms with E-state index in [-0.39, 0.29) is 23.1 Å². The Labute approximate surface area is 158 Å². The number of alkyl halides is 3. The fourth-order valence-corrected chi connectivity index (χ4v) is 3.04. The van der Waals surface area contributed by atoms with Gasteiger partial charge in [0.25, 0.3) is 0 Å². The topological polar surface area (TPSA) is 42.2 Å². The molecule has 0 N–H and O–H groups in total. The third-order valence-electron chi connectivity index (χ3n) is 4.65. The number of benzene rings is 2. The molecule has 1 aromatic heterocycles. The van der Waals surface area contributed by atoms with Crippen LogP contribution in [0, 0.1) is 5.82 Å². The quantitative estimate of drug-likeness (QED) is 0.551. The summed E-state index contributed by atoms with van der Waals surface area (Å²) in [4.78, 5) is 6.28. The van der Waals surface area contributed by atoms with Crippen LogP contribution in [0.25, 0.3) is 11.4 Å². The normalized spacial score (nSPS) is 14.6. The maximum Gasteiger partial charge on any atom is 0.416 e. The van der Waals surface area contributed by atoms with E-state index in [0.717, 1.165) is 25.0 Å². The van der Waals surface area contributed by atoms with Gasteiger partial charge in [-0.3, -0.25) is 4.90 Å². The first-order valence-electron chi connectivity index (χ1n) is 8.88. The van der Waals surface area contributed by atoms with Gasteiger partial charge in [0.2, 0.25) is 11.7 Å². The minimum absolute atomic E-state index is 0.0998. The van der Waals surface area contributed by atoms with Crippen molar-refractivity contribution in [3.63, 3.8) is 0 Å². The summed E-state index contributed by atoms with van der Waals surface area (Å²) in [6, 6.07) is 11.7. The van der Waals surface area contributed by atoms with Gasteiger partial charge in [-0.2, -0.15) is 18.2 Å². The zero-order valence-corrected chi connectivity index (χ0v) is 14.8. The molecule has 0 saturated heterocycles. The zero-order valence-electron chi connectivity index (χ0n) is 14.8. The molecule has 28 heavy (non-hydrogen) atoms. The highest BCUT2D eigenvalue weighted by atomic mass is 19.4. The maximum absolute atomic E-state index is 14.0. The second-order valence-electron chi connectivity index (χ2n) is 6.82. The van der Waals surface area contributed by atoms with Crippen LogP contribution in [0.2, 0.25) is 0 Å². The highest BCUT2D eigenvalue weighted by Gasteiger charge is 2.32. The van der Waals surface area contributed by atoms with E-state index in [4.69, 9.17) is 4.52 Å². The van der Waals surface area contributed by atoms with E-state index < -0.39 is 11.7 Å². The van der Waals surface area contributed by atoms with Gasteiger partial charge in [-0.05, 0) is 31.0 Å². The molecule has 1 fully saturated rings. The van der Waals surface area contributed by atoms with Crippen LogP contribution in [0.15, 0.2) is 53.1 Å². The number of nitrogens with zero attached hydrogens (tertiary/aromatic N) is 3. The molecule has 0 aliphatic heterocycles. The summed E-state index contributed by atoms with van der Waals surface area (Å²) in [5, 5.41) is 3.81. The van der Waals surface area contributed by atoms with E-state index in [0.29, 0.717) is 24.7 Å². The van der Waals surface area contributed by atoms with Gasteiger partial charge in [0.1, 0.15) is 5.82 Å². The van der Waals surface area contributed by atoms with E-state index >= 15 is 0 Å². The Morgan fingerprint density at radius 1 is 1.04 bits per heavy atom. The second-order valence-corrected chi connectivity index (χ2v) is 6.82. The molecule has 146 valence electrons. The molecule has 8 heteroatoms. The van der Waals surface area contributed by atoms with Crippen LogP contribution in [-0.2, 0) is 19.3 Å². The second kappa shape index (κ2) is 7.35. The third kappa shape index (κ3) is 4.22. The number of hydrogen-bond donors (Lipinski definition) is 0. The van der Waals surface area contributed by atoms with Crippen LogP contribution in [0.5, 0.6) is 0 Å². The first-order valence-corrected chi connectivity index (χ1v) is 8.88.